The number of esters is 2. The molecule has 1 heterocycles. The monoisotopic (exact) mass is 468 g/mol. The average molecular weight is 468 g/mol. The third-order valence-electron chi connectivity index (χ3n) is 6.07. The van der Waals surface area contributed by atoms with E-state index in [0.717, 1.165) is 13.8 Å². The van der Waals surface area contributed by atoms with Gasteiger partial charge in [-0.05, 0) is 13.0 Å². The first-order chi connectivity index (χ1) is 16.0. The summed E-state index contributed by atoms with van der Waals surface area (Å²) in [5.74, 6) is -3.82. The number of phenols is 1. The van der Waals surface area contributed by atoms with Gasteiger partial charge in [-0.2, -0.15) is 5.26 Å². The maximum Gasteiger partial charge on any atom is 0.306 e. The van der Waals surface area contributed by atoms with Gasteiger partial charge in [0.1, 0.15) is 23.1 Å². The number of ether oxygens (including phenoxy) is 2. The molecule has 0 saturated heterocycles. The normalized spacial score (nSPS) is 25.0. The molecule has 0 amide bonds. The van der Waals surface area contributed by atoms with Crippen molar-refractivity contribution in [1.82, 2.24) is 4.57 Å². The lowest BCUT2D eigenvalue weighted by molar-refractivity contribution is -0.216. The Morgan fingerprint density at radius 3 is 2.47 bits per heavy atom. The molecule has 2 aliphatic rings. The predicted molar refractivity (Wildman–Crippen MR) is 111 cm³/mol. The number of carbonyl (C=O) groups is 4. The van der Waals surface area contributed by atoms with Crippen molar-refractivity contribution in [3.63, 3.8) is 0 Å². The molecule has 0 bridgehead atoms. The summed E-state index contributed by atoms with van der Waals surface area (Å²) in [5.41, 5.74) is -4.16. The highest BCUT2D eigenvalue weighted by Crippen LogP contribution is 2.51. The molecule has 11 nitrogen and oxygen atoms in total. The van der Waals surface area contributed by atoms with Crippen LogP contribution in [-0.4, -0.2) is 55.1 Å². The number of carbonyl (C=O) groups excluding carboxylic acids is 4. The second-order valence-electron chi connectivity index (χ2n) is 8.24. The molecule has 1 aromatic carbocycles. The Kier molecular flexibility index (Phi) is 5.31. The summed E-state index contributed by atoms with van der Waals surface area (Å²) >= 11 is 0. The van der Waals surface area contributed by atoms with Crippen molar-refractivity contribution in [3.8, 4) is 11.9 Å². The van der Waals surface area contributed by atoms with Crippen LogP contribution in [-0.2, 0) is 19.1 Å². The van der Waals surface area contributed by atoms with Crippen LogP contribution in [0.1, 0.15) is 82.6 Å². The topological polar surface area (TPSA) is 176 Å². The third-order valence-corrected chi connectivity index (χ3v) is 6.07. The molecule has 4 atom stereocenters. The number of hydrogen-bond donors (Lipinski definition) is 3. The third kappa shape index (κ3) is 3.03. The van der Waals surface area contributed by atoms with Crippen LogP contribution in [0.3, 0.4) is 0 Å². The van der Waals surface area contributed by atoms with Crippen LogP contribution in [0.4, 0.5) is 0 Å². The fourth-order valence-corrected chi connectivity index (χ4v) is 4.59. The Bertz CT molecular complexity index is 1310. The lowest BCUT2D eigenvalue weighted by atomic mass is 9.75. The summed E-state index contributed by atoms with van der Waals surface area (Å²) in [5, 5.41) is 42.6. The molecule has 11 heteroatoms. The zero-order chi connectivity index (χ0) is 25.1. The van der Waals surface area contributed by atoms with Gasteiger partial charge in [0.05, 0.1) is 16.8 Å². The van der Waals surface area contributed by atoms with Crippen molar-refractivity contribution >= 4 is 23.5 Å². The first-order valence-electron chi connectivity index (χ1n) is 10.3. The standard InChI is InChI=1S/C23H20N2O9/c1-4-12(28)34-21-17-15(20(31)22(23(21,3)32)33-9(2)26)14-16(25(17)8-24)19(30)13-10(18(14)29)6-5-7-11(13)27/h5-7,20-22,27,31-32H,4H2,1-3H3. The van der Waals surface area contributed by atoms with Gasteiger partial charge in [0, 0.05) is 24.5 Å². The van der Waals surface area contributed by atoms with Gasteiger partial charge in [-0.15, -0.1) is 0 Å². The van der Waals surface area contributed by atoms with Crippen LogP contribution >= 0.6 is 0 Å². The maximum absolute atomic E-state index is 13.5. The molecule has 0 aliphatic heterocycles. The number of phenolic OH excluding ortho intramolecular Hbond substituents is 1. The quantitative estimate of drug-likeness (QED) is 0.470. The molecular formula is C23H20N2O9. The van der Waals surface area contributed by atoms with E-state index >= 15 is 0 Å². The minimum Gasteiger partial charge on any atom is -0.507 e. The SMILES string of the molecule is CCC(=O)OC1c2c(c3c(n2C#N)C(=O)c2c(O)cccc2C3=O)C(O)C(OC(C)=O)C1(C)O. The molecule has 1 aromatic heterocycles. The summed E-state index contributed by atoms with van der Waals surface area (Å²) in [4.78, 5) is 50.8. The van der Waals surface area contributed by atoms with Crippen molar-refractivity contribution in [1.29, 1.82) is 5.26 Å². The minimum absolute atomic E-state index is 0.118. The fraction of sp³-hybridized carbons (Fsp3) is 0.348. The Hall–Kier alpha value is -4.01. The van der Waals surface area contributed by atoms with E-state index in [-0.39, 0.29) is 34.4 Å². The Morgan fingerprint density at radius 2 is 1.88 bits per heavy atom. The number of nitrogens with zero attached hydrogens (tertiary/aromatic N) is 2. The lowest BCUT2D eigenvalue weighted by Crippen LogP contribution is -2.55. The molecule has 0 saturated carbocycles. The van der Waals surface area contributed by atoms with Gasteiger partial charge in [0.2, 0.25) is 5.78 Å². The molecular weight excluding hydrogens is 448 g/mol. The van der Waals surface area contributed by atoms with Gasteiger partial charge in [-0.1, -0.05) is 19.1 Å². The van der Waals surface area contributed by atoms with Gasteiger partial charge in [0.25, 0.3) is 0 Å². The van der Waals surface area contributed by atoms with Crippen molar-refractivity contribution in [2.24, 2.45) is 0 Å². The number of rotatable bonds is 3. The highest BCUT2D eigenvalue weighted by atomic mass is 16.6. The first-order valence-corrected chi connectivity index (χ1v) is 10.3. The van der Waals surface area contributed by atoms with Crippen LogP contribution < -0.4 is 0 Å². The number of aliphatic hydroxyl groups is 2. The number of ketones is 2. The molecule has 4 rings (SSSR count). The second-order valence-corrected chi connectivity index (χ2v) is 8.24. The van der Waals surface area contributed by atoms with Crippen LogP contribution in [0.2, 0.25) is 0 Å². The van der Waals surface area contributed by atoms with Crippen LogP contribution in [0.5, 0.6) is 5.75 Å². The van der Waals surface area contributed by atoms with Crippen molar-refractivity contribution in [2.45, 2.75) is 51.1 Å². The number of hydrogen-bond acceptors (Lipinski definition) is 10. The molecule has 0 radical (unpaired) electrons. The van der Waals surface area contributed by atoms with E-state index in [4.69, 9.17) is 9.47 Å². The largest absolute Gasteiger partial charge is 0.507 e. The molecule has 176 valence electrons. The summed E-state index contributed by atoms with van der Waals surface area (Å²) in [6, 6.07) is 3.86. The number of benzene rings is 1. The first kappa shape index (κ1) is 23.2. The molecule has 2 aliphatic carbocycles. The second kappa shape index (κ2) is 7.79. The summed E-state index contributed by atoms with van der Waals surface area (Å²) in [6.07, 6.45) is -3.63. The van der Waals surface area contributed by atoms with Crippen LogP contribution in [0.25, 0.3) is 0 Å². The van der Waals surface area contributed by atoms with Crippen LogP contribution in [0, 0.1) is 11.5 Å². The average Bonchev–Trinajstić information content (AvgIpc) is 3.13. The lowest BCUT2D eigenvalue weighted by Gasteiger charge is -2.44. The zero-order valence-corrected chi connectivity index (χ0v) is 18.4. The van der Waals surface area contributed by atoms with Crippen LogP contribution in [0.15, 0.2) is 18.2 Å². The van der Waals surface area contributed by atoms with Gasteiger partial charge in [0.15, 0.2) is 24.2 Å². The van der Waals surface area contributed by atoms with E-state index in [1.54, 1.807) is 6.19 Å². The molecule has 4 unspecified atom stereocenters. The number of nitriles is 1. The minimum atomic E-state index is -2.25. The maximum atomic E-state index is 13.5. The van der Waals surface area contributed by atoms with Crippen molar-refractivity contribution < 1.29 is 44.0 Å². The zero-order valence-electron chi connectivity index (χ0n) is 18.4. The Morgan fingerprint density at radius 1 is 1.21 bits per heavy atom. The van der Waals surface area contributed by atoms with Crippen molar-refractivity contribution in [3.05, 3.63) is 51.8 Å². The fourth-order valence-electron chi connectivity index (χ4n) is 4.59. The van der Waals surface area contributed by atoms with E-state index in [9.17, 15) is 39.8 Å². The summed E-state index contributed by atoms with van der Waals surface area (Å²) < 4.78 is 11.2. The molecule has 0 spiro atoms. The predicted octanol–water partition coefficient (Wildman–Crippen LogP) is 1.02. The number of fused-ring (bicyclic) bond motifs is 4. The highest BCUT2D eigenvalue weighted by Gasteiger charge is 2.58. The van der Waals surface area contributed by atoms with Gasteiger partial charge < -0.3 is 24.8 Å². The smallest absolute Gasteiger partial charge is 0.306 e. The number of aromatic hydroxyl groups is 1. The molecule has 0 fully saturated rings. The molecule has 34 heavy (non-hydrogen) atoms. The molecule has 3 N–H and O–H groups in total. The van der Waals surface area contributed by atoms with Crippen molar-refractivity contribution in [2.75, 3.05) is 0 Å². The Balaban J connectivity index is 2.09. The Labute approximate surface area is 192 Å². The van der Waals surface area contributed by atoms with E-state index in [1.807, 2.05) is 0 Å². The van der Waals surface area contributed by atoms with E-state index < -0.39 is 58.9 Å². The van der Waals surface area contributed by atoms with E-state index in [1.165, 1.54) is 25.1 Å². The summed E-state index contributed by atoms with van der Waals surface area (Å²) in [6.45, 7) is 3.66. The van der Waals surface area contributed by atoms with E-state index in [0.29, 0.717) is 4.57 Å². The van der Waals surface area contributed by atoms with Gasteiger partial charge >= 0.3 is 11.9 Å². The number of aromatic nitrogens is 1. The van der Waals surface area contributed by atoms with Gasteiger partial charge in [-0.3, -0.25) is 19.2 Å². The number of aliphatic hydroxyl groups excluding tert-OH is 1. The highest BCUT2D eigenvalue weighted by molar-refractivity contribution is 6.29. The van der Waals surface area contributed by atoms with E-state index in [2.05, 4.69) is 0 Å². The van der Waals surface area contributed by atoms with Gasteiger partial charge in [-0.25, -0.2) is 4.57 Å². The summed E-state index contributed by atoms with van der Waals surface area (Å²) in [7, 11) is 0. The molecule has 2 aromatic rings.